The van der Waals surface area contributed by atoms with E-state index in [-0.39, 0.29) is 54.4 Å². The average Bonchev–Trinajstić information content (AvgIpc) is 3.58. The highest BCUT2D eigenvalue weighted by atomic mass is 19.4. The molecule has 228 valence electrons. The molecule has 0 aliphatic carbocycles. The maximum Gasteiger partial charge on any atom is 0.573 e. The summed E-state index contributed by atoms with van der Waals surface area (Å²) in [5.41, 5.74) is -0.422. The standard InChI is InChI=1S/C25H22F6N8O4/c26-16(11-39-12-21(34-36-39)24(42)32-10-15-7-17(40)1-3-20(15)28)5-6-38-13-22(35-37-38)33-23(41)9-14-8-18(2-4-19(14)27)43-25(29,30)31/h1-4,7-8,12-13,16,40H,5-6,9-11H2,(H,32,42)(H,33,41). The minimum absolute atomic E-state index is 0.0209. The zero-order valence-corrected chi connectivity index (χ0v) is 21.9. The van der Waals surface area contributed by atoms with E-state index in [2.05, 4.69) is 36.0 Å². The first kappa shape index (κ1) is 30.8. The third-order valence-corrected chi connectivity index (χ3v) is 5.70. The number of aromatic nitrogens is 6. The Morgan fingerprint density at radius 2 is 1.70 bits per heavy atom. The number of ether oxygens (including phenoxy) is 1. The van der Waals surface area contributed by atoms with E-state index < -0.39 is 48.2 Å². The molecule has 1 atom stereocenters. The molecule has 12 nitrogen and oxygen atoms in total. The Morgan fingerprint density at radius 1 is 0.977 bits per heavy atom. The van der Waals surface area contributed by atoms with Gasteiger partial charge in [-0.25, -0.2) is 17.9 Å². The molecule has 0 fully saturated rings. The van der Waals surface area contributed by atoms with Crippen LogP contribution in [0.1, 0.15) is 28.0 Å². The normalized spacial score (nSPS) is 12.1. The summed E-state index contributed by atoms with van der Waals surface area (Å²) in [4.78, 5) is 24.5. The van der Waals surface area contributed by atoms with Crippen molar-refractivity contribution in [2.45, 2.75) is 45.0 Å². The molecule has 0 bridgehead atoms. The van der Waals surface area contributed by atoms with Gasteiger partial charge < -0.3 is 20.5 Å². The topological polar surface area (TPSA) is 149 Å². The lowest BCUT2D eigenvalue weighted by Crippen LogP contribution is -2.23. The van der Waals surface area contributed by atoms with Crippen LogP contribution in [0.25, 0.3) is 0 Å². The van der Waals surface area contributed by atoms with Crippen LogP contribution in [0.4, 0.5) is 32.2 Å². The number of phenols is 1. The monoisotopic (exact) mass is 612 g/mol. The minimum atomic E-state index is -4.98. The van der Waals surface area contributed by atoms with Gasteiger partial charge in [0.1, 0.15) is 29.3 Å². The lowest BCUT2D eigenvalue weighted by Gasteiger charge is -2.10. The first-order chi connectivity index (χ1) is 20.3. The molecule has 0 saturated carbocycles. The van der Waals surface area contributed by atoms with Crippen LogP contribution in [0.5, 0.6) is 11.5 Å². The van der Waals surface area contributed by atoms with Gasteiger partial charge in [0.15, 0.2) is 11.5 Å². The largest absolute Gasteiger partial charge is 0.573 e. The van der Waals surface area contributed by atoms with Crippen LogP contribution in [0.3, 0.4) is 0 Å². The molecule has 1 unspecified atom stereocenters. The van der Waals surface area contributed by atoms with E-state index in [1.54, 1.807) is 0 Å². The van der Waals surface area contributed by atoms with Crippen molar-refractivity contribution in [2.75, 3.05) is 5.32 Å². The van der Waals surface area contributed by atoms with E-state index in [4.69, 9.17) is 0 Å². The second kappa shape index (κ2) is 13.2. The van der Waals surface area contributed by atoms with Gasteiger partial charge in [0.05, 0.1) is 25.4 Å². The van der Waals surface area contributed by atoms with Crippen molar-refractivity contribution < 1.29 is 45.8 Å². The van der Waals surface area contributed by atoms with Crippen LogP contribution in [0.2, 0.25) is 0 Å². The van der Waals surface area contributed by atoms with Gasteiger partial charge in [-0.2, -0.15) is 0 Å². The van der Waals surface area contributed by atoms with Crippen molar-refractivity contribution >= 4 is 17.6 Å². The summed E-state index contributed by atoms with van der Waals surface area (Å²) in [5, 5.41) is 29.0. The van der Waals surface area contributed by atoms with Gasteiger partial charge >= 0.3 is 6.36 Å². The molecule has 0 aliphatic heterocycles. The number of benzene rings is 2. The van der Waals surface area contributed by atoms with Crippen molar-refractivity contribution in [1.82, 2.24) is 35.3 Å². The van der Waals surface area contributed by atoms with Crippen LogP contribution in [0.15, 0.2) is 48.8 Å². The molecular formula is C25H22F6N8O4. The number of nitrogens with zero attached hydrogens (tertiary/aromatic N) is 6. The van der Waals surface area contributed by atoms with Crippen molar-refractivity contribution in [3.8, 4) is 11.5 Å². The molecule has 18 heteroatoms. The van der Waals surface area contributed by atoms with Crippen LogP contribution < -0.4 is 15.4 Å². The van der Waals surface area contributed by atoms with E-state index >= 15 is 0 Å². The molecule has 43 heavy (non-hydrogen) atoms. The van der Waals surface area contributed by atoms with E-state index in [0.717, 1.165) is 41.1 Å². The van der Waals surface area contributed by atoms with Gasteiger partial charge in [0, 0.05) is 30.6 Å². The molecule has 0 aliphatic rings. The Morgan fingerprint density at radius 3 is 2.47 bits per heavy atom. The molecular weight excluding hydrogens is 590 g/mol. The van der Waals surface area contributed by atoms with Crippen molar-refractivity contribution in [2.24, 2.45) is 0 Å². The number of anilines is 1. The van der Waals surface area contributed by atoms with Crippen molar-refractivity contribution in [1.29, 1.82) is 0 Å². The van der Waals surface area contributed by atoms with Gasteiger partial charge in [-0.15, -0.1) is 23.4 Å². The SMILES string of the molecule is O=C(Cc1cc(OC(F)(F)F)ccc1F)Nc1cn(CCC(F)Cn2cc(C(=O)NCc3cc(O)ccc3F)nn2)nn1. The number of rotatable bonds is 12. The summed E-state index contributed by atoms with van der Waals surface area (Å²) in [6, 6.07) is 5.64. The van der Waals surface area contributed by atoms with E-state index in [9.17, 15) is 41.0 Å². The predicted molar refractivity (Wildman–Crippen MR) is 134 cm³/mol. The third kappa shape index (κ3) is 9.17. The fraction of sp³-hybridized carbons (Fsp3) is 0.280. The number of nitrogens with one attached hydrogen (secondary N) is 2. The number of carbonyl (C=O) groups excluding carboxylic acids is 2. The fourth-order valence-corrected chi connectivity index (χ4v) is 3.73. The number of halogens is 6. The smallest absolute Gasteiger partial charge is 0.508 e. The number of aromatic hydroxyl groups is 1. The zero-order chi connectivity index (χ0) is 31.1. The molecule has 4 aromatic rings. The summed E-state index contributed by atoms with van der Waals surface area (Å²) in [6.45, 7) is -0.464. The highest BCUT2D eigenvalue weighted by Gasteiger charge is 2.31. The van der Waals surface area contributed by atoms with Crippen LogP contribution in [-0.4, -0.2) is 59.4 Å². The minimum Gasteiger partial charge on any atom is -0.508 e. The summed E-state index contributed by atoms with van der Waals surface area (Å²) in [7, 11) is 0. The van der Waals surface area contributed by atoms with Crippen molar-refractivity contribution in [3.63, 3.8) is 0 Å². The Kier molecular flexibility index (Phi) is 9.46. The molecule has 0 spiro atoms. The second-order valence-electron chi connectivity index (χ2n) is 9.06. The van der Waals surface area contributed by atoms with Gasteiger partial charge in [-0.3, -0.25) is 14.3 Å². The first-order valence-electron chi connectivity index (χ1n) is 12.4. The van der Waals surface area contributed by atoms with Crippen LogP contribution >= 0.6 is 0 Å². The number of hydrogen-bond donors (Lipinski definition) is 3. The number of carbonyl (C=O) groups is 2. The predicted octanol–water partition coefficient (Wildman–Crippen LogP) is 3.29. The van der Waals surface area contributed by atoms with Gasteiger partial charge in [-0.1, -0.05) is 10.4 Å². The van der Waals surface area contributed by atoms with Crippen molar-refractivity contribution in [3.05, 3.63) is 77.2 Å². The Hall–Kier alpha value is -5.16. The summed E-state index contributed by atoms with van der Waals surface area (Å²) in [5.74, 6) is -3.92. The maximum atomic E-state index is 14.6. The molecule has 4 rings (SSSR count). The van der Waals surface area contributed by atoms with Gasteiger partial charge in [0.25, 0.3) is 5.91 Å². The maximum absolute atomic E-state index is 14.6. The number of amides is 2. The average molecular weight is 612 g/mol. The fourth-order valence-electron chi connectivity index (χ4n) is 3.73. The Labute approximate surface area is 238 Å². The summed E-state index contributed by atoms with van der Waals surface area (Å²) >= 11 is 0. The lowest BCUT2D eigenvalue weighted by atomic mass is 10.1. The van der Waals surface area contributed by atoms with E-state index in [0.29, 0.717) is 0 Å². The number of aryl methyl sites for hydroxylation is 1. The third-order valence-electron chi connectivity index (χ3n) is 5.70. The highest BCUT2D eigenvalue weighted by Crippen LogP contribution is 2.25. The first-order valence-corrected chi connectivity index (χ1v) is 12.4. The zero-order valence-electron chi connectivity index (χ0n) is 21.9. The lowest BCUT2D eigenvalue weighted by molar-refractivity contribution is -0.274. The quantitative estimate of drug-likeness (QED) is 0.207. The second-order valence-corrected chi connectivity index (χ2v) is 9.06. The number of alkyl halides is 4. The van der Waals surface area contributed by atoms with Gasteiger partial charge in [-0.05, 0) is 36.4 Å². The Balaban J connectivity index is 1.22. The summed E-state index contributed by atoms with van der Waals surface area (Å²) in [6.07, 6.45) is -4.66. The molecule has 2 aromatic heterocycles. The number of hydrogen-bond acceptors (Lipinski definition) is 8. The van der Waals surface area contributed by atoms with E-state index in [1.165, 1.54) is 17.1 Å². The molecule has 2 heterocycles. The highest BCUT2D eigenvalue weighted by molar-refractivity contribution is 5.92. The molecule has 3 N–H and O–H groups in total. The molecule has 2 amide bonds. The molecule has 2 aromatic carbocycles. The van der Waals surface area contributed by atoms with Crippen LogP contribution in [0, 0.1) is 11.6 Å². The Bertz CT molecular complexity index is 1590. The molecule has 0 saturated heterocycles. The summed E-state index contributed by atoms with van der Waals surface area (Å²) < 4.78 is 85.6. The van der Waals surface area contributed by atoms with E-state index in [1.807, 2.05) is 0 Å². The molecule has 0 radical (unpaired) electrons. The number of phenolic OH excluding ortho intramolecular Hbond substituents is 1. The van der Waals surface area contributed by atoms with Crippen LogP contribution in [-0.2, 0) is 30.8 Å². The van der Waals surface area contributed by atoms with Gasteiger partial charge in [0.2, 0.25) is 5.91 Å².